The van der Waals surface area contributed by atoms with Crippen molar-refractivity contribution in [3.8, 4) is 0 Å². The molecule has 2 rings (SSSR count). The highest BCUT2D eigenvalue weighted by Gasteiger charge is 2.05. The van der Waals surface area contributed by atoms with Crippen LogP contribution in [0.15, 0.2) is 22.8 Å². The summed E-state index contributed by atoms with van der Waals surface area (Å²) in [6, 6.07) is 5.64. The zero-order chi connectivity index (χ0) is 8.72. The molecule has 0 unspecified atom stereocenters. The summed E-state index contributed by atoms with van der Waals surface area (Å²) >= 11 is 9.27. The van der Waals surface area contributed by atoms with E-state index in [1.54, 1.807) is 4.68 Å². The van der Waals surface area contributed by atoms with Crippen molar-refractivity contribution >= 4 is 38.4 Å². The van der Waals surface area contributed by atoms with E-state index in [-0.39, 0.29) is 0 Å². The Balaban J connectivity index is 2.88. The third-order valence-corrected chi connectivity index (χ3v) is 2.90. The highest BCUT2D eigenvalue weighted by atomic mass is 79.9. The fourth-order valence-electron chi connectivity index (χ4n) is 1.14. The monoisotopic (exact) mass is 244 g/mol. The van der Waals surface area contributed by atoms with Gasteiger partial charge in [0.1, 0.15) is 4.60 Å². The zero-order valence-electron chi connectivity index (χ0n) is 6.38. The number of rotatable bonds is 0. The van der Waals surface area contributed by atoms with Gasteiger partial charge in [0.05, 0.1) is 5.52 Å². The first-order chi connectivity index (χ1) is 5.68. The first kappa shape index (κ1) is 8.08. The molecule has 0 aliphatic carbocycles. The molecule has 0 atom stereocenters. The summed E-state index contributed by atoms with van der Waals surface area (Å²) in [5, 5.41) is 6.04. The number of fused-ring (bicyclic) bond motifs is 1. The van der Waals surface area contributed by atoms with Crippen LogP contribution in [-0.4, -0.2) is 9.78 Å². The first-order valence-electron chi connectivity index (χ1n) is 3.46. The summed E-state index contributed by atoms with van der Waals surface area (Å²) < 4.78 is 2.74. The number of nitrogens with zero attached hydrogens (tertiary/aromatic N) is 2. The van der Waals surface area contributed by atoms with Crippen LogP contribution in [0.25, 0.3) is 10.9 Å². The van der Waals surface area contributed by atoms with E-state index in [0.29, 0.717) is 0 Å². The summed E-state index contributed by atoms with van der Waals surface area (Å²) in [4.78, 5) is 0. The molecular weight excluding hydrogens is 239 g/mol. The molecule has 0 amide bonds. The van der Waals surface area contributed by atoms with Gasteiger partial charge in [0.25, 0.3) is 0 Å². The molecule has 0 spiro atoms. The average Bonchev–Trinajstić information content (AvgIpc) is 2.31. The van der Waals surface area contributed by atoms with Crippen LogP contribution in [0.5, 0.6) is 0 Å². The number of benzene rings is 1. The van der Waals surface area contributed by atoms with Crippen LogP contribution in [0.4, 0.5) is 0 Å². The van der Waals surface area contributed by atoms with Gasteiger partial charge in [0, 0.05) is 17.5 Å². The van der Waals surface area contributed by atoms with E-state index in [2.05, 4.69) is 21.0 Å². The number of aromatic nitrogens is 2. The van der Waals surface area contributed by atoms with Gasteiger partial charge in [-0.1, -0.05) is 11.6 Å². The highest BCUT2D eigenvalue weighted by Crippen LogP contribution is 2.25. The fourth-order valence-corrected chi connectivity index (χ4v) is 1.71. The van der Waals surface area contributed by atoms with Gasteiger partial charge in [-0.3, -0.25) is 4.68 Å². The maximum atomic E-state index is 5.84. The van der Waals surface area contributed by atoms with Gasteiger partial charge >= 0.3 is 0 Å². The Bertz CT molecular complexity index is 436. The summed E-state index contributed by atoms with van der Waals surface area (Å²) in [5.74, 6) is 0. The van der Waals surface area contributed by atoms with E-state index >= 15 is 0 Å². The van der Waals surface area contributed by atoms with E-state index in [1.807, 2.05) is 25.2 Å². The van der Waals surface area contributed by atoms with Gasteiger partial charge in [-0.25, -0.2) is 0 Å². The third kappa shape index (κ3) is 1.13. The molecule has 12 heavy (non-hydrogen) atoms. The van der Waals surface area contributed by atoms with Gasteiger partial charge in [-0.05, 0) is 34.1 Å². The number of hydrogen-bond donors (Lipinski definition) is 0. The van der Waals surface area contributed by atoms with E-state index in [1.165, 1.54) is 0 Å². The van der Waals surface area contributed by atoms with Crippen molar-refractivity contribution in [2.24, 2.45) is 7.05 Å². The van der Waals surface area contributed by atoms with Crippen molar-refractivity contribution in [2.45, 2.75) is 0 Å². The Morgan fingerprint density at radius 2 is 2.25 bits per heavy atom. The summed E-state index contributed by atoms with van der Waals surface area (Å²) in [6.45, 7) is 0. The van der Waals surface area contributed by atoms with Crippen molar-refractivity contribution in [2.75, 3.05) is 0 Å². The van der Waals surface area contributed by atoms with E-state index in [0.717, 1.165) is 20.5 Å². The second-order valence-corrected chi connectivity index (χ2v) is 3.76. The molecule has 0 fully saturated rings. The minimum atomic E-state index is 0.733. The molecule has 0 aliphatic rings. The normalized spacial score (nSPS) is 10.9. The smallest absolute Gasteiger partial charge is 0.111 e. The molecule has 0 aliphatic heterocycles. The van der Waals surface area contributed by atoms with Crippen molar-refractivity contribution in [3.05, 3.63) is 27.8 Å². The Morgan fingerprint density at radius 1 is 1.50 bits per heavy atom. The molecule has 0 N–H and O–H groups in total. The lowest BCUT2D eigenvalue weighted by Crippen LogP contribution is -1.88. The van der Waals surface area contributed by atoms with Crippen LogP contribution in [0.3, 0.4) is 0 Å². The Hall–Kier alpha value is -0.540. The molecule has 0 saturated heterocycles. The molecule has 62 valence electrons. The van der Waals surface area contributed by atoms with Gasteiger partial charge in [0.2, 0.25) is 0 Å². The first-order valence-corrected chi connectivity index (χ1v) is 4.63. The molecule has 0 bridgehead atoms. The Kier molecular flexibility index (Phi) is 1.85. The standard InChI is InChI=1S/C8H6BrClN2/c1-12-8(9)6-4-5(10)2-3-7(6)11-12/h2-4H,1H3. The average molecular weight is 246 g/mol. The molecule has 2 nitrogen and oxygen atoms in total. The Labute approximate surface area is 83.3 Å². The highest BCUT2D eigenvalue weighted by molar-refractivity contribution is 9.10. The maximum absolute atomic E-state index is 5.84. The third-order valence-electron chi connectivity index (χ3n) is 1.72. The predicted octanol–water partition coefficient (Wildman–Crippen LogP) is 2.99. The number of halogens is 2. The lowest BCUT2D eigenvalue weighted by molar-refractivity contribution is 0.761. The van der Waals surface area contributed by atoms with Crippen molar-refractivity contribution in [3.63, 3.8) is 0 Å². The molecule has 1 heterocycles. The molecule has 1 aromatic heterocycles. The van der Waals surface area contributed by atoms with Gasteiger partial charge in [-0.15, -0.1) is 0 Å². The van der Waals surface area contributed by atoms with Crippen LogP contribution in [-0.2, 0) is 7.05 Å². The second kappa shape index (κ2) is 2.75. The number of aryl methyl sites for hydroxylation is 1. The Morgan fingerprint density at radius 3 is 3.00 bits per heavy atom. The molecule has 4 heteroatoms. The quantitative estimate of drug-likeness (QED) is 0.698. The molecule has 0 saturated carbocycles. The van der Waals surface area contributed by atoms with E-state index < -0.39 is 0 Å². The van der Waals surface area contributed by atoms with Crippen LogP contribution in [0, 0.1) is 0 Å². The van der Waals surface area contributed by atoms with Gasteiger partial charge < -0.3 is 0 Å². The van der Waals surface area contributed by atoms with Crippen LogP contribution >= 0.6 is 27.5 Å². The molecule has 2 aromatic rings. The van der Waals surface area contributed by atoms with Crippen LogP contribution in [0.2, 0.25) is 5.02 Å². The minimum Gasteiger partial charge on any atom is -0.260 e. The summed E-state index contributed by atoms with van der Waals surface area (Å²) in [6.07, 6.45) is 0. The van der Waals surface area contributed by atoms with Gasteiger partial charge in [0.15, 0.2) is 0 Å². The fraction of sp³-hybridized carbons (Fsp3) is 0.125. The van der Waals surface area contributed by atoms with Crippen molar-refractivity contribution < 1.29 is 0 Å². The lowest BCUT2D eigenvalue weighted by Gasteiger charge is -1.90. The molecule has 0 radical (unpaired) electrons. The van der Waals surface area contributed by atoms with E-state index in [4.69, 9.17) is 11.6 Å². The number of hydrogen-bond acceptors (Lipinski definition) is 1. The molecular formula is C8H6BrClN2. The lowest BCUT2D eigenvalue weighted by atomic mass is 10.3. The van der Waals surface area contributed by atoms with Gasteiger partial charge in [-0.2, -0.15) is 5.10 Å². The van der Waals surface area contributed by atoms with E-state index in [9.17, 15) is 0 Å². The topological polar surface area (TPSA) is 17.8 Å². The molecule has 1 aromatic carbocycles. The van der Waals surface area contributed by atoms with Crippen LogP contribution in [0.1, 0.15) is 0 Å². The van der Waals surface area contributed by atoms with Crippen molar-refractivity contribution in [1.82, 2.24) is 9.78 Å². The largest absolute Gasteiger partial charge is 0.260 e. The summed E-state index contributed by atoms with van der Waals surface area (Å²) in [7, 11) is 1.89. The maximum Gasteiger partial charge on any atom is 0.111 e. The SMILES string of the molecule is Cn1nc2ccc(Cl)cc2c1Br. The van der Waals surface area contributed by atoms with Crippen LogP contribution < -0.4 is 0 Å². The van der Waals surface area contributed by atoms with Crippen molar-refractivity contribution in [1.29, 1.82) is 0 Å². The predicted molar refractivity (Wildman–Crippen MR) is 53.4 cm³/mol. The second-order valence-electron chi connectivity index (χ2n) is 2.58. The summed E-state index contributed by atoms with van der Waals surface area (Å²) in [5.41, 5.74) is 0.953. The minimum absolute atomic E-state index is 0.733. The zero-order valence-corrected chi connectivity index (χ0v) is 8.72.